The Morgan fingerprint density at radius 2 is 1.90 bits per heavy atom. The largest absolute Gasteiger partial charge is 0.341 e. The maximum Gasteiger partial charge on any atom is 0.181 e. The van der Waals surface area contributed by atoms with Crippen molar-refractivity contribution in [3.63, 3.8) is 0 Å². The monoisotopic (exact) mass is 289 g/mol. The van der Waals surface area contributed by atoms with Crippen LogP contribution in [0.25, 0.3) is 11.2 Å². The lowest BCUT2D eigenvalue weighted by atomic mass is 10.2. The van der Waals surface area contributed by atoms with Crippen LogP contribution in [0.1, 0.15) is 5.56 Å². The van der Waals surface area contributed by atoms with E-state index in [0.29, 0.717) is 16.2 Å². The highest BCUT2D eigenvalue weighted by Crippen LogP contribution is 2.33. The van der Waals surface area contributed by atoms with E-state index < -0.39 is 11.6 Å². The third kappa shape index (κ3) is 2.08. The molecule has 2 heterocycles. The molecule has 0 unspecified atom stereocenters. The van der Waals surface area contributed by atoms with Gasteiger partial charge in [0.15, 0.2) is 5.65 Å². The topological polar surface area (TPSA) is 78.2 Å². The summed E-state index contributed by atoms with van der Waals surface area (Å²) in [5, 5.41) is 9.01. The third-order valence-corrected chi connectivity index (χ3v) is 3.61. The molecule has 0 aliphatic heterocycles. The number of H-pyrrole nitrogens is 1. The number of hydrogen-bond donors (Lipinski definition) is 1. The summed E-state index contributed by atoms with van der Waals surface area (Å²) in [6.45, 7) is 0. The van der Waals surface area contributed by atoms with E-state index in [1.54, 1.807) is 6.07 Å². The number of nitrogens with zero attached hydrogens (tertiary/aromatic N) is 4. The zero-order chi connectivity index (χ0) is 14.1. The molecule has 0 spiro atoms. The van der Waals surface area contributed by atoms with E-state index in [4.69, 9.17) is 5.26 Å². The minimum absolute atomic E-state index is 0.0706. The van der Waals surface area contributed by atoms with Crippen molar-refractivity contribution in [1.29, 1.82) is 5.26 Å². The molecule has 0 atom stereocenters. The van der Waals surface area contributed by atoms with Gasteiger partial charge >= 0.3 is 0 Å². The van der Waals surface area contributed by atoms with Crippen molar-refractivity contribution in [1.82, 2.24) is 19.9 Å². The fraction of sp³-hybridized carbons (Fsp3) is 0. The molecule has 1 N–H and O–H groups in total. The number of halogens is 2. The Bertz CT molecular complexity index is 816. The minimum Gasteiger partial charge on any atom is -0.341 e. The van der Waals surface area contributed by atoms with Gasteiger partial charge in [-0.3, -0.25) is 0 Å². The van der Waals surface area contributed by atoms with Crippen molar-refractivity contribution in [2.75, 3.05) is 0 Å². The Hall–Kier alpha value is -2.53. The number of rotatable bonds is 2. The maximum atomic E-state index is 13.8. The van der Waals surface area contributed by atoms with Crippen molar-refractivity contribution in [3.05, 3.63) is 42.0 Å². The second-order valence-electron chi connectivity index (χ2n) is 3.76. The van der Waals surface area contributed by atoms with Crippen LogP contribution < -0.4 is 0 Å². The molecular formula is C12H5F2N5S. The summed E-state index contributed by atoms with van der Waals surface area (Å²) >= 11 is 0.812. The van der Waals surface area contributed by atoms with Crippen LogP contribution in [0.5, 0.6) is 0 Å². The Balaban J connectivity index is 2.08. The van der Waals surface area contributed by atoms with Gasteiger partial charge in [-0.15, -0.1) is 0 Å². The van der Waals surface area contributed by atoms with Crippen LogP contribution in [-0.2, 0) is 0 Å². The maximum absolute atomic E-state index is 13.8. The van der Waals surface area contributed by atoms with Gasteiger partial charge in [-0.1, -0.05) is 11.8 Å². The smallest absolute Gasteiger partial charge is 0.181 e. The SMILES string of the molecule is N#Cc1cc(F)c(Sc2ncnc3nc[nH]c23)c(F)c1. The van der Waals surface area contributed by atoms with Crippen LogP contribution in [0.3, 0.4) is 0 Å². The number of fused-ring (bicyclic) bond motifs is 1. The lowest BCUT2D eigenvalue weighted by molar-refractivity contribution is 0.540. The molecule has 8 heteroatoms. The number of aromatic nitrogens is 4. The fourth-order valence-electron chi connectivity index (χ4n) is 1.64. The molecule has 98 valence electrons. The van der Waals surface area contributed by atoms with Gasteiger partial charge in [0.25, 0.3) is 0 Å². The fourth-order valence-corrected chi connectivity index (χ4v) is 2.50. The summed E-state index contributed by atoms with van der Waals surface area (Å²) < 4.78 is 27.7. The molecule has 0 radical (unpaired) electrons. The Morgan fingerprint density at radius 3 is 2.60 bits per heavy atom. The van der Waals surface area contributed by atoms with Crippen LogP contribution in [0, 0.1) is 23.0 Å². The summed E-state index contributed by atoms with van der Waals surface area (Å²) in [5.74, 6) is -1.62. The van der Waals surface area contributed by atoms with Crippen molar-refractivity contribution in [2.45, 2.75) is 9.92 Å². The van der Waals surface area contributed by atoms with Crippen molar-refractivity contribution >= 4 is 22.9 Å². The molecule has 5 nitrogen and oxygen atoms in total. The first-order valence-corrected chi connectivity index (χ1v) is 6.22. The molecule has 0 amide bonds. The number of nitrogens with one attached hydrogen (secondary N) is 1. The van der Waals surface area contributed by atoms with E-state index in [1.165, 1.54) is 12.7 Å². The normalized spacial score (nSPS) is 10.7. The van der Waals surface area contributed by atoms with Gasteiger partial charge in [0, 0.05) is 0 Å². The van der Waals surface area contributed by atoms with Gasteiger partial charge in [-0.05, 0) is 12.1 Å². The van der Waals surface area contributed by atoms with E-state index in [2.05, 4.69) is 19.9 Å². The Morgan fingerprint density at radius 1 is 1.15 bits per heavy atom. The van der Waals surface area contributed by atoms with Crippen LogP contribution in [0.2, 0.25) is 0 Å². The van der Waals surface area contributed by atoms with Crippen LogP contribution >= 0.6 is 11.8 Å². The Kier molecular flexibility index (Phi) is 3.04. The molecule has 1 aromatic carbocycles. The standard InChI is InChI=1S/C12H5F2N5S/c13-7-1-6(3-15)2-8(14)10(7)20-12-9-11(17-4-16-9)18-5-19-12/h1-2,4-5H,(H,16,17,18,19). The predicted molar refractivity (Wildman–Crippen MR) is 66.9 cm³/mol. The highest BCUT2D eigenvalue weighted by atomic mass is 32.2. The summed E-state index contributed by atoms with van der Waals surface area (Å²) in [7, 11) is 0. The molecule has 0 aliphatic rings. The molecule has 0 aliphatic carbocycles. The third-order valence-electron chi connectivity index (χ3n) is 2.51. The summed E-state index contributed by atoms with van der Waals surface area (Å²) in [6.07, 6.45) is 2.69. The lowest BCUT2D eigenvalue weighted by Crippen LogP contribution is -1.92. The zero-order valence-corrected chi connectivity index (χ0v) is 10.6. The highest BCUT2D eigenvalue weighted by molar-refractivity contribution is 7.99. The van der Waals surface area contributed by atoms with Gasteiger partial charge in [-0.2, -0.15) is 5.26 Å². The molecule has 3 aromatic rings. The van der Waals surface area contributed by atoms with Crippen molar-refractivity contribution < 1.29 is 8.78 Å². The van der Waals surface area contributed by atoms with Crippen molar-refractivity contribution in [2.24, 2.45) is 0 Å². The number of hydrogen-bond acceptors (Lipinski definition) is 5. The minimum atomic E-state index is -0.808. The second-order valence-corrected chi connectivity index (χ2v) is 4.76. The summed E-state index contributed by atoms with van der Waals surface area (Å²) in [6, 6.07) is 3.66. The summed E-state index contributed by atoms with van der Waals surface area (Å²) in [5.41, 5.74) is 0.844. The highest BCUT2D eigenvalue weighted by Gasteiger charge is 2.16. The number of nitriles is 1. The quantitative estimate of drug-likeness (QED) is 0.734. The van der Waals surface area contributed by atoms with E-state index in [1.807, 2.05) is 0 Å². The number of benzene rings is 1. The van der Waals surface area contributed by atoms with E-state index >= 15 is 0 Å². The first-order valence-electron chi connectivity index (χ1n) is 5.40. The van der Waals surface area contributed by atoms with E-state index in [9.17, 15) is 8.78 Å². The molecule has 0 fully saturated rings. The molecule has 2 aromatic heterocycles. The van der Waals surface area contributed by atoms with Crippen LogP contribution in [0.15, 0.2) is 34.7 Å². The average Bonchev–Trinajstić information content (AvgIpc) is 2.91. The average molecular weight is 289 g/mol. The van der Waals surface area contributed by atoms with Crippen LogP contribution in [0.4, 0.5) is 8.78 Å². The lowest BCUT2D eigenvalue weighted by Gasteiger charge is -2.05. The molecule has 20 heavy (non-hydrogen) atoms. The van der Waals surface area contributed by atoms with Crippen LogP contribution in [-0.4, -0.2) is 19.9 Å². The van der Waals surface area contributed by atoms with Gasteiger partial charge < -0.3 is 4.98 Å². The van der Waals surface area contributed by atoms with Gasteiger partial charge in [0.1, 0.15) is 28.5 Å². The molecule has 3 rings (SSSR count). The van der Waals surface area contributed by atoms with Gasteiger partial charge in [-0.25, -0.2) is 23.7 Å². The van der Waals surface area contributed by atoms with Gasteiger partial charge in [0.2, 0.25) is 0 Å². The molecule has 0 saturated carbocycles. The molecule has 0 bridgehead atoms. The Labute approximate surface area is 115 Å². The molecule has 0 saturated heterocycles. The first kappa shape index (κ1) is 12.5. The van der Waals surface area contributed by atoms with Crippen molar-refractivity contribution in [3.8, 4) is 6.07 Å². The number of imidazole rings is 1. The van der Waals surface area contributed by atoms with E-state index in [-0.39, 0.29) is 10.5 Å². The zero-order valence-electron chi connectivity index (χ0n) is 9.76. The number of aromatic amines is 1. The van der Waals surface area contributed by atoms with E-state index in [0.717, 1.165) is 23.9 Å². The van der Waals surface area contributed by atoms with Gasteiger partial charge in [0.05, 0.1) is 22.9 Å². The molecular weight excluding hydrogens is 284 g/mol. The first-order chi connectivity index (χ1) is 9.69. The predicted octanol–water partition coefficient (Wildman–Crippen LogP) is 2.65. The second kappa shape index (κ2) is 4.86. The summed E-state index contributed by atoms with van der Waals surface area (Å²) in [4.78, 5) is 14.4.